The van der Waals surface area contributed by atoms with Crippen LogP contribution in [-0.4, -0.2) is 36.5 Å². The van der Waals surface area contributed by atoms with Crippen LogP contribution in [0, 0.1) is 11.8 Å². The van der Waals surface area contributed by atoms with Crippen molar-refractivity contribution in [2.24, 2.45) is 17.6 Å². The first-order chi connectivity index (χ1) is 11.2. The van der Waals surface area contributed by atoms with Crippen molar-refractivity contribution in [3.8, 4) is 5.75 Å². The van der Waals surface area contributed by atoms with Gasteiger partial charge in [-0.25, -0.2) is 0 Å². The number of fused-ring (bicyclic) bond motifs is 2. The Hall–Kier alpha value is -1.78. The Morgan fingerprint density at radius 2 is 1.92 bits per heavy atom. The van der Waals surface area contributed by atoms with Gasteiger partial charge in [-0.05, 0) is 36.1 Å². The molecule has 1 aliphatic carbocycles. The van der Waals surface area contributed by atoms with Gasteiger partial charge in [-0.2, -0.15) is 0 Å². The molecule has 0 aromatic heterocycles. The minimum Gasteiger partial charge on any atom is -0.483 e. The average Bonchev–Trinajstić information content (AvgIpc) is 3.15. The number of carbonyl (C=O) groups excluding carboxylic acids is 1. The molecule has 2 aliphatic rings. The Morgan fingerprint density at radius 3 is 2.75 bits per heavy atom. The highest BCUT2D eigenvalue weighted by Crippen LogP contribution is 2.37. The molecule has 0 bridgehead atoms. The third-order valence-electron chi connectivity index (χ3n) is 5.37. The minimum absolute atomic E-state index is 0. The number of nitrogens with zero attached hydrogens (tertiary/aromatic N) is 1. The van der Waals surface area contributed by atoms with Gasteiger partial charge in [-0.3, -0.25) is 4.79 Å². The summed E-state index contributed by atoms with van der Waals surface area (Å²) >= 11 is 0. The molecule has 128 valence electrons. The van der Waals surface area contributed by atoms with Crippen molar-refractivity contribution in [1.29, 1.82) is 0 Å². The summed E-state index contributed by atoms with van der Waals surface area (Å²) in [5.74, 6) is 1.91. The molecule has 0 spiro atoms. The van der Waals surface area contributed by atoms with Gasteiger partial charge in [0.1, 0.15) is 5.75 Å². The summed E-state index contributed by atoms with van der Waals surface area (Å²) in [6, 6.07) is 14.3. The van der Waals surface area contributed by atoms with Crippen LogP contribution in [0.4, 0.5) is 0 Å². The molecular formula is C19H23ClN2O2. The summed E-state index contributed by atoms with van der Waals surface area (Å²) in [4.78, 5) is 14.4. The van der Waals surface area contributed by atoms with Crippen LogP contribution in [0.25, 0.3) is 10.8 Å². The van der Waals surface area contributed by atoms with Crippen LogP contribution in [0.5, 0.6) is 5.75 Å². The highest BCUT2D eigenvalue weighted by Gasteiger charge is 2.42. The summed E-state index contributed by atoms with van der Waals surface area (Å²) < 4.78 is 5.82. The van der Waals surface area contributed by atoms with Crippen LogP contribution in [0.2, 0.25) is 0 Å². The van der Waals surface area contributed by atoms with E-state index in [4.69, 9.17) is 10.5 Å². The molecular weight excluding hydrogens is 324 g/mol. The van der Waals surface area contributed by atoms with E-state index in [0.717, 1.165) is 42.5 Å². The third-order valence-corrected chi connectivity index (χ3v) is 5.37. The molecule has 2 aromatic rings. The molecule has 2 aromatic carbocycles. The number of ether oxygens (including phenoxy) is 1. The van der Waals surface area contributed by atoms with Gasteiger partial charge in [0.05, 0.1) is 0 Å². The van der Waals surface area contributed by atoms with E-state index < -0.39 is 0 Å². The van der Waals surface area contributed by atoms with E-state index >= 15 is 0 Å². The Bertz CT molecular complexity index is 731. The smallest absolute Gasteiger partial charge is 0.260 e. The molecule has 1 heterocycles. The van der Waals surface area contributed by atoms with Crippen LogP contribution in [-0.2, 0) is 4.79 Å². The van der Waals surface area contributed by atoms with E-state index in [2.05, 4.69) is 0 Å². The second-order valence-electron chi connectivity index (χ2n) is 6.73. The molecule has 1 amide bonds. The van der Waals surface area contributed by atoms with Crippen molar-refractivity contribution >= 4 is 29.1 Å². The highest BCUT2D eigenvalue weighted by atomic mass is 35.5. The van der Waals surface area contributed by atoms with Crippen molar-refractivity contribution in [2.75, 3.05) is 19.7 Å². The Kier molecular flexibility index (Phi) is 4.97. The van der Waals surface area contributed by atoms with Gasteiger partial charge >= 0.3 is 0 Å². The number of rotatable bonds is 3. The number of carbonyl (C=O) groups is 1. The number of likely N-dealkylation sites (tertiary alicyclic amines) is 1. The fourth-order valence-electron chi connectivity index (χ4n) is 4.06. The molecule has 24 heavy (non-hydrogen) atoms. The van der Waals surface area contributed by atoms with Crippen molar-refractivity contribution in [1.82, 2.24) is 4.90 Å². The SMILES string of the molecule is Cl.NC1CCC2CN(C(=O)COc3cccc4ccccc34)CC12. The van der Waals surface area contributed by atoms with Gasteiger partial charge in [-0.15, -0.1) is 12.4 Å². The minimum atomic E-state index is 0. The van der Waals surface area contributed by atoms with Crippen molar-refractivity contribution < 1.29 is 9.53 Å². The second-order valence-corrected chi connectivity index (χ2v) is 6.73. The summed E-state index contributed by atoms with van der Waals surface area (Å²) in [5.41, 5.74) is 6.14. The number of halogens is 1. The Labute approximate surface area is 148 Å². The largest absolute Gasteiger partial charge is 0.483 e. The predicted molar refractivity (Wildman–Crippen MR) is 97.5 cm³/mol. The van der Waals surface area contributed by atoms with Crippen molar-refractivity contribution in [3.05, 3.63) is 42.5 Å². The standard InChI is InChI=1S/C19H22N2O2.ClH/c20-17-9-8-14-10-21(11-16(14)17)19(22)12-23-18-7-3-5-13-4-1-2-6-15(13)18;/h1-7,14,16-17H,8-12,20H2;1H. The van der Waals surface area contributed by atoms with Gasteiger partial charge in [0.15, 0.2) is 6.61 Å². The molecule has 2 N–H and O–H groups in total. The lowest BCUT2D eigenvalue weighted by molar-refractivity contribution is -0.132. The fraction of sp³-hybridized carbons (Fsp3) is 0.421. The molecule has 5 heteroatoms. The molecule has 4 rings (SSSR count). The van der Waals surface area contributed by atoms with Gasteiger partial charge in [-0.1, -0.05) is 36.4 Å². The van der Waals surface area contributed by atoms with Crippen LogP contribution < -0.4 is 10.5 Å². The molecule has 1 aliphatic heterocycles. The van der Waals surface area contributed by atoms with Crippen LogP contribution in [0.15, 0.2) is 42.5 Å². The van der Waals surface area contributed by atoms with Crippen LogP contribution in [0.3, 0.4) is 0 Å². The quantitative estimate of drug-likeness (QED) is 0.929. The fourth-order valence-corrected chi connectivity index (χ4v) is 4.06. The van der Waals surface area contributed by atoms with E-state index in [9.17, 15) is 4.79 Å². The number of hydrogen-bond acceptors (Lipinski definition) is 3. The molecule has 2 fully saturated rings. The third kappa shape index (κ3) is 3.08. The highest BCUT2D eigenvalue weighted by molar-refractivity contribution is 5.88. The topological polar surface area (TPSA) is 55.6 Å². The molecule has 0 radical (unpaired) electrons. The van der Waals surface area contributed by atoms with Crippen molar-refractivity contribution in [2.45, 2.75) is 18.9 Å². The van der Waals surface area contributed by atoms with E-state index in [1.165, 1.54) is 0 Å². The van der Waals surface area contributed by atoms with Crippen LogP contribution in [0.1, 0.15) is 12.8 Å². The maximum Gasteiger partial charge on any atom is 0.260 e. The van der Waals surface area contributed by atoms with Crippen molar-refractivity contribution in [3.63, 3.8) is 0 Å². The lowest BCUT2D eigenvalue weighted by atomic mass is 9.98. The first-order valence-electron chi connectivity index (χ1n) is 8.36. The molecule has 1 saturated carbocycles. The zero-order valence-electron chi connectivity index (χ0n) is 13.6. The Morgan fingerprint density at radius 1 is 1.12 bits per heavy atom. The number of nitrogens with two attached hydrogens (primary N) is 1. The lowest BCUT2D eigenvalue weighted by Gasteiger charge is -2.19. The zero-order valence-corrected chi connectivity index (χ0v) is 14.4. The summed E-state index contributed by atoms with van der Waals surface area (Å²) in [6.07, 6.45) is 2.25. The summed E-state index contributed by atoms with van der Waals surface area (Å²) in [6.45, 7) is 1.74. The van der Waals surface area contributed by atoms with E-state index in [1.54, 1.807) is 0 Å². The molecule has 3 atom stereocenters. The van der Waals surface area contributed by atoms with E-state index in [-0.39, 0.29) is 31.0 Å². The maximum absolute atomic E-state index is 12.5. The molecule has 4 nitrogen and oxygen atoms in total. The van der Waals surface area contributed by atoms with Gasteiger partial charge in [0.2, 0.25) is 0 Å². The normalized spacial score (nSPS) is 25.4. The monoisotopic (exact) mass is 346 g/mol. The lowest BCUT2D eigenvalue weighted by Crippen LogP contribution is -2.36. The number of amides is 1. The first kappa shape index (κ1) is 17.1. The number of benzene rings is 2. The average molecular weight is 347 g/mol. The molecule has 3 unspecified atom stereocenters. The van der Waals surface area contributed by atoms with E-state index in [0.29, 0.717) is 11.8 Å². The second kappa shape index (κ2) is 6.99. The molecule has 1 saturated heterocycles. The Balaban J connectivity index is 0.00000169. The predicted octanol–water partition coefficient (Wildman–Crippen LogP) is 2.84. The maximum atomic E-state index is 12.5. The van der Waals surface area contributed by atoms with Crippen LogP contribution >= 0.6 is 12.4 Å². The first-order valence-corrected chi connectivity index (χ1v) is 8.36. The number of hydrogen-bond donors (Lipinski definition) is 1. The van der Waals surface area contributed by atoms with Gasteiger partial charge in [0.25, 0.3) is 5.91 Å². The van der Waals surface area contributed by atoms with Gasteiger partial charge in [0, 0.05) is 24.5 Å². The summed E-state index contributed by atoms with van der Waals surface area (Å²) in [7, 11) is 0. The van der Waals surface area contributed by atoms with E-state index in [1.807, 2.05) is 47.4 Å². The van der Waals surface area contributed by atoms with Gasteiger partial charge < -0.3 is 15.4 Å². The summed E-state index contributed by atoms with van der Waals surface area (Å²) in [5, 5.41) is 2.17. The zero-order chi connectivity index (χ0) is 15.8.